The monoisotopic (exact) mass is 265 g/mol. The van der Waals surface area contributed by atoms with E-state index in [9.17, 15) is 9.59 Å². The van der Waals surface area contributed by atoms with Crippen LogP contribution >= 0.6 is 0 Å². The number of carbonyl (C=O) groups excluding carboxylic acids is 2. The average Bonchev–Trinajstić information content (AvgIpc) is 3.14. The van der Waals surface area contributed by atoms with Gasteiger partial charge in [0.15, 0.2) is 0 Å². The molecule has 1 aliphatic heterocycles. The van der Waals surface area contributed by atoms with Gasteiger partial charge in [0.2, 0.25) is 0 Å². The number of furan rings is 2. The number of benzene rings is 2. The summed E-state index contributed by atoms with van der Waals surface area (Å²) in [7, 11) is 0. The van der Waals surface area contributed by atoms with Crippen molar-refractivity contribution < 1.29 is 14.0 Å². The average molecular weight is 265 g/mol. The van der Waals surface area contributed by atoms with Crippen LogP contribution in [0.15, 0.2) is 46.9 Å². The van der Waals surface area contributed by atoms with E-state index in [-0.39, 0.29) is 17.9 Å². The fraction of sp³-hybridized carbons (Fsp3) is 0.125. The molecule has 0 saturated heterocycles. The molecule has 4 heteroatoms. The Hall–Kier alpha value is -2.62. The van der Waals surface area contributed by atoms with Crippen LogP contribution in [0, 0.1) is 0 Å². The number of hydrogen-bond acceptors (Lipinski definition) is 3. The summed E-state index contributed by atoms with van der Waals surface area (Å²) >= 11 is 0. The smallest absolute Gasteiger partial charge is 0.266 e. The zero-order valence-electron chi connectivity index (χ0n) is 10.8. The molecule has 0 radical (unpaired) electrons. The summed E-state index contributed by atoms with van der Waals surface area (Å²) in [5, 5.41) is 0. The lowest BCUT2D eigenvalue weighted by Crippen LogP contribution is -2.32. The molecule has 1 unspecified atom stereocenters. The number of rotatable bonds is 2. The Kier molecular flexibility index (Phi) is 2.07. The first-order valence-corrected chi connectivity index (χ1v) is 6.46. The summed E-state index contributed by atoms with van der Waals surface area (Å²) in [4.78, 5) is 26.3. The Morgan fingerprint density at radius 1 is 0.900 bits per heavy atom. The topological polar surface area (TPSA) is 50.5 Å². The van der Waals surface area contributed by atoms with Crippen LogP contribution in [-0.2, 0) is 0 Å². The first-order valence-electron chi connectivity index (χ1n) is 6.46. The molecular weight excluding hydrogens is 254 g/mol. The molecule has 0 aliphatic carbocycles. The van der Waals surface area contributed by atoms with Gasteiger partial charge in [-0.1, -0.05) is 30.3 Å². The van der Waals surface area contributed by atoms with Crippen LogP contribution in [0.2, 0.25) is 0 Å². The molecule has 0 spiro atoms. The van der Waals surface area contributed by atoms with Crippen LogP contribution < -0.4 is 0 Å². The zero-order valence-corrected chi connectivity index (χ0v) is 10.8. The first kappa shape index (κ1) is 11.2. The van der Waals surface area contributed by atoms with Crippen molar-refractivity contribution in [3.8, 4) is 0 Å². The van der Waals surface area contributed by atoms with E-state index >= 15 is 0 Å². The van der Waals surface area contributed by atoms with Crippen molar-refractivity contribution >= 4 is 23.0 Å². The Bertz CT molecular complexity index is 774. The SMILES string of the molecule is CC(c1ccccc1)N1C(=O)c2c(c3ccc2o3)C1=O. The lowest BCUT2D eigenvalue weighted by Gasteiger charge is -2.22. The van der Waals surface area contributed by atoms with Gasteiger partial charge in [0.05, 0.1) is 17.2 Å². The molecule has 20 heavy (non-hydrogen) atoms. The van der Waals surface area contributed by atoms with Gasteiger partial charge in [-0.15, -0.1) is 0 Å². The molecule has 0 fully saturated rings. The van der Waals surface area contributed by atoms with Crippen LogP contribution in [0.25, 0.3) is 11.2 Å². The fourth-order valence-electron chi connectivity index (χ4n) is 2.84. The minimum Gasteiger partial charge on any atom is -0.456 e. The highest BCUT2D eigenvalue weighted by Crippen LogP contribution is 2.38. The minimum absolute atomic E-state index is 0.268. The highest BCUT2D eigenvalue weighted by molar-refractivity contribution is 6.27. The lowest BCUT2D eigenvalue weighted by atomic mass is 10.1. The maximum Gasteiger partial charge on any atom is 0.266 e. The predicted molar refractivity (Wildman–Crippen MR) is 72.8 cm³/mol. The van der Waals surface area contributed by atoms with Gasteiger partial charge >= 0.3 is 0 Å². The van der Waals surface area contributed by atoms with Crippen molar-refractivity contribution in [2.24, 2.45) is 0 Å². The zero-order chi connectivity index (χ0) is 13.9. The summed E-state index contributed by atoms with van der Waals surface area (Å²) in [5.74, 6) is -0.536. The molecule has 2 bridgehead atoms. The number of fused-ring (bicyclic) bond motifs is 5. The number of imide groups is 1. The Morgan fingerprint density at radius 3 is 2.00 bits per heavy atom. The summed E-state index contributed by atoms with van der Waals surface area (Å²) in [6.07, 6.45) is 0. The van der Waals surface area contributed by atoms with E-state index in [2.05, 4.69) is 0 Å². The molecule has 4 rings (SSSR count). The molecule has 1 aliphatic rings. The Labute approximate surface area is 114 Å². The van der Waals surface area contributed by atoms with Crippen LogP contribution in [0.1, 0.15) is 39.2 Å². The van der Waals surface area contributed by atoms with E-state index in [0.29, 0.717) is 22.3 Å². The van der Waals surface area contributed by atoms with E-state index in [4.69, 9.17) is 4.42 Å². The summed E-state index contributed by atoms with van der Waals surface area (Å²) < 4.78 is 5.39. The van der Waals surface area contributed by atoms with Crippen molar-refractivity contribution in [2.45, 2.75) is 13.0 Å². The van der Waals surface area contributed by atoms with E-state index < -0.39 is 0 Å². The molecule has 98 valence electrons. The number of hydrogen-bond donors (Lipinski definition) is 0. The lowest BCUT2D eigenvalue weighted by molar-refractivity contribution is 0.0595. The van der Waals surface area contributed by atoms with Crippen LogP contribution in [0.5, 0.6) is 0 Å². The maximum atomic E-state index is 12.5. The second kappa shape index (κ2) is 3.70. The summed E-state index contributed by atoms with van der Waals surface area (Å²) in [5.41, 5.74) is 2.75. The quantitative estimate of drug-likeness (QED) is 0.668. The van der Waals surface area contributed by atoms with Crippen molar-refractivity contribution in [1.29, 1.82) is 0 Å². The number of nitrogens with zero attached hydrogens (tertiary/aromatic N) is 1. The summed E-state index contributed by atoms with van der Waals surface area (Å²) in [6, 6.07) is 12.7. The Balaban J connectivity index is 1.81. The van der Waals surface area contributed by atoms with Gasteiger partial charge in [-0.2, -0.15) is 0 Å². The second-order valence-corrected chi connectivity index (χ2v) is 4.98. The molecule has 4 nitrogen and oxygen atoms in total. The second-order valence-electron chi connectivity index (χ2n) is 4.98. The van der Waals surface area contributed by atoms with Crippen molar-refractivity contribution in [3.05, 3.63) is 59.2 Å². The molecule has 2 amide bonds. The van der Waals surface area contributed by atoms with Crippen LogP contribution in [0.3, 0.4) is 0 Å². The number of amides is 2. The van der Waals surface area contributed by atoms with Gasteiger partial charge in [0.25, 0.3) is 11.8 Å². The molecule has 1 atom stereocenters. The van der Waals surface area contributed by atoms with Gasteiger partial charge in [-0.25, -0.2) is 0 Å². The van der Waals surface area contributed by atoms with Crippen molar-refractivity contribution in [1.82, 2.24) is 4.90 Å². The third-order valence-corrected chi connectivity index (χ3v) is 3.88. The molecule has 0 saturated carbocycles. The summed E-state index contributed by atoms with van der Waals surface area (Å²) in [6.45, 7) is 1.86. The van der Waals surface area contributed by atoms with Gasteiger partial charge in [-0.3, -0.25) is 14.5 Å². The van der Waals surface area contributed by atoms with E-state index in [0.717, 1.165) is 5.56 Å². The van der Waals surface area contributed by atoms with E-state index in [1.54, 1.807) is 12.1 Å². The van der Waals surface area contributed by atoms with Crippen LogP contribution in [0.4, 0.5) is 0 Å². The van der Waals surface area contributed by atoms with Gasteiger partial charge in [0, 0.05) is 0 Å². The molecule has 1 aromatic carbocycles. The normalized spacial score (nSPS) is 16.1. The predicted octanol–water partition coefficient (Wildman–Crippen LogP) is 3.23. The molecule has 3 aromatic rings. The van der Waals surface area contributed by atoms with Gasteiger partial charge in [0.1, 0.15) is 11.2 Å². The van der Waals surface area contributed by atoms with Gasteiger partial charge < -0.3 is 4.42 Å². The third kappa shape index (κ3) is 1.25. The maximum absolute atomic E-state index is 12.5. The van der Waals surface area contributed by atoms with Crippen molar-refractivity contribution in [2.75, 3.05) is 0 Å². The highest BCUT2D eigenvalue weighted by Gasteiger charge is 2.43. The molecule has 2 aromatic heterocycles. The Morgan fingerprint density at radius 2 is 1.45 bits per heavy atom. The highest BCUT2D eigenvalue weighted by atomic mass is 16.3. The minimum atomic E-state index is -0.289. The van der Waals surface area contributed by atoms with E-state index in [1.807, 2.05) is 37.3 Å². The van der Waals surface area contributed by atoms with Crippen molar-refractivity contribution in [3.63, 3.8) is 0 Å². The third-order valence-electron chi connectivity index (χ3n) is 3.88. The van der Waals surface area contributed by atoms with E-state index in [1.165, 1.54) is 4.90 Å². The number of carbonyl (C=O) groups is 2. The van der Waals surface area contributed by atoms with Gasteiger partial charge in [-0.05, 0) is 24.6 Å². The standard InChI is InChI=1S/C16H11NO3/c1-9(10-5-3-2-4-6-10)17-15(18)13-11-7-8-12(20-11)14(13)16(17)19/h2-9H,1H3. The largest absolute Gasteiger partial charge is 0.456 e. The van der Waals surface area contributed by atoms with Crippen LogP contribution in [-0.4, -0.2) is 16.7 Å². The fourth-order valence-corrected chi connectivity index (χ4v) is 2.84. The molecule has 3 heterocycles. The first-order chi connectivity index (χ1) is 9.68. The molecule has 0 N–H and O–H groups in total. The molecular formula is C16H11NO3.